The number of rotatable bonds is 5. The highest BCUT2D eigenvalue weighted by atomic mass is 16.6. The number of nitrogens with zero attached hydrogens (tertiary/aromatic N) is 1. The van der Waals surface area contributed by atoms with E-state index in [4.69, 9.17) is 10.5 Å². The largest absolute Gasteiger partial charge is 0.463 e. The van der Waals surface area contributed by atoms with E-state index < -0.39 is 10.9 Å². The van der Waals surface area contributed by atoms with E-state index in [1.807, 2.05) is 0 Å². The molecule has 7 heteroatoms. The minimum Gasteiger partial charge on any atom is -0.463 e. The summed E-state index contributed by atoms with van der Waals surface area (Å²) in [6.45, 7) is 3.61. The van der Waals surface area contributed by atoms with Gasteiger partial charge in [-0.3, -0.25) is 10.1 Å². The molecule has 1 aromatic carbocycles. The minimum atomic E-state index is -0.519. The van der Waals surface area contributed by atoms with E-state index in [1.54, 1.807) is 13.8 Å². The van der Waals surface area contributed by atoms with Crippen LogP contribution in [0.4, 0.5) is 17.1 Å². The number of nitrogens with one attached hydrogen (secondary N) is 1. The monoisotopic (exact) mass is 265 g/mol. The van der Waals surface area contributed by atoms with Crippen molar-refractivity contribution >= 4 is 23.0 Å². The quantitative estimate of drug-likeness (QED) is 0.277. The van der Waals surface area contributed by atoms with Gasteiger partial charge < -0.3 is 15.8 Å². The number of benzene rings is 1. The van der Waals surface area contributed by atoms with E-state index in [0.717, 1.165) is 0 Å². The van der Waals surface area contributed by atoms with Crippen molar-refractivity contribution in [3.8, 4) is 0 Å². The van der Waals surface area contributed by atoms with Crippen LogP contribution in [0.25, 0.3) is 0 Å². The van der Waals surface area contributed by atoms with Gasteiger partial charge in [0.25, 0.3) is 5.69 Å². The number of esters is 1. The van der Waals surface area contributed by atoms with Gasteiger partial charge in [-0.1, -0.05) is 0 Å². The molecule has 102 valence electrons. The fourth-order valence-electron chi connectivity index (χ4n) is 1.38. The molecule has 0 aliphatic rings. The zero-order chi connectivity index (χ0) is 14.4. The molecule has 0 radical (unpaired) electrons. The highest BCUT2D eigenvalue weighted by Crippen LogP contribution is 2.25. The number of non-ortho nitro benzene ring substituents is 1. The Morgan fingerprint density at radius 3 is 2.84 bits per heavy atom. The summed E-state index contributed by atoms with van der Waals surface area (Å²) in [6, 6.07) is 4.04. The van der Waals surface area contributed by atoms with Crippen LogP contribution in [0.5, 0.6) is 0 Å². The topological polar surface area (TPSA) is 107 Å². The number of carbonyl (C=O) groups is 1. The fraction of sp³-hybridized carbons (Fsp3) is 0.250. The maximum atomic E-state index is 11.2. The van der Waals surface area contributed by atoms with Gasteiger partial charge >= 0.3 is 5.97 Å². The van der Waals surface area contributed by atoms with Crippen molar-refractivity contribution in [2.45, 2.75) is 13.8 Å². The third-order valence-corrected chi connectivity index (χ3v) is 2.20. The Bertz CT molecular complexity index is 526. The number of nitro groups is 1. The van der Waals surface area contributed by atoms with Gasteiger partial charge in [-0.15, -0.1) is 0 Å². The molecule has 0 bridgehead atoms. The Hall–Kier alpha value is -2.57. The van der Waals surface area contributed by atoms with Crippen molar-refractivity contribution in [3.63, 3.8) is 0 Å². The Morgan fingerprint density at radius 1 is 1.58 bits per heavy atom. The van der Waals surface area contributed by atoms with Crippen molar-refractivity contribution in [1.29, 1.82) is 0 Å². The molecular formula is C12H15N3O4. The molecular weight excluding hydrogens is 250 g/mol. The molecule has 0 aliphatic carbocycles. The van der Waals surface area contributed by atoms with Crippen LogP contribution in [0, 0.1) is 10.1 Å². The molecule has 0 amide bonds. The second-order valence-corrected chi connectivity index (χ2v) is 3.73. The SMILES string of the molecule is CCOC(=O)/C=C(/C)Nc1cc([N+](=O)[O-])ccc1N. The van der Waals surface area contributed by atoms with Crippen LogP contribution in [-0.2, 0) is 9.53 Å². The number of anilines is 2. The number of hydrogen-bond acceptors (Lipinski definition) is 6. The summed E-state index contributed by atoms with van der Waals surface area (Å²) in [6.07, 6.45) is 1.25. The van der Waals surface area contributed by atoms with Gasteiger partial charge in [-0.25, -0.2) is 4.79 Å². The predicted molar refractivity (Wildman–Crippen MR) is 71.5 cm³/mol. The molecule has 0 atom stereocenters. The Balaban J connectivity index is 2.89. The van der Waals surface area contributed by atoms with Crippen LogP contribution in [0.2, 0.25) is 0 Å². The van der Waals surface area contributed by atoms with Gasteiger partial charge in [0.2, 0.25) is 0 Å². The van der Waals surface area contributed by atoms with Crippen LogP contribution >= 0.6 is 0 Å². The molecule has 0 saturated heterocycles. The molecule has 0 unspecified atom stereocenters. The third kappa shape index (κ3) is 4.30. The third-order valence-electron chi connectivity index (χ3n) is 2.20. The summed E-state index contributed by atoms with van der Waals surface area (Å²) in [7, 11) is 0. The van der Waals surface area contributed by atoms with E-state index in [1.165, 1.54) is 24.3 Å². The summed E-state index contributed by atoms with van der Waals surface area (Å²) in [5.74, 6) is -0.489. The van der Waals surface area contributed by atoms with E-state index >= 15 is 0 Å². The lowest BCUT2D eigenvalue weighted by atomic mass is 10.2. The van der Waals surface area contributed by atoms with E-state index in [-0.39, 0.29) is 12.3 Å². The molecule has 0 saturated carbocycles. The van der Waals surface area contributed by atoms with Crippen molar-refractivity contribution in [2.24, 2.45) is 0 Å². The van der Waals surface area contributed by atoms with Crippen LogP contribution in [-0.4, -0.2) is 17.5 Å². The molecule has 0 aliphatic heterocycles. The first-order valence-electron chi connectivity index (χ1n) is 5.60. The highest BCUT2D eigenvalue weighted by Gasteiger charge is 2.09. The van der Waals surface area contributed by atoms with E-state index in [9.17, 15) is 14.9 Å². The Kier molecular flexibility index (Phi) is 4.87. The summed E-state index contributed by atoms with van der Waals surface area (Å²) < 4.78 is 4.75. The number of nitrogen functional groups attached to an aromatic ring is 1. The van der Waals surface area contributed by atoms with Gasteiger partial charge in [-0.05, 0) is 19.9 Å². The average Bonchev–Trinajstić information content (AvgIpc) is 2.31. The van der Waals surface area contributed by atoms with Gasteiger partial charge in [-0.2, -0.15) is 0 Å². The first-order chi connectivity index (χ1) is 8.93. The number of ether oxygens (including phenoxy) is 1. The molecule has 7 nitrogen and oxygen atoms in total. The highest BCUT2D eigenvalue weighted by molar-refractivity contribution is 5.84. The molecule has 0 spiro atoms. The van der Waals surface area contributed by atoms with Crippen molar-refractivity contribution in [3.05, 3.63) is 40.1 Å². The van der Waals surface area contributed by atoms with Crippen LogP contribution in [0.15, 0.2) is 30.0 Å². The van der Waals surface area contributed by atoms with Crippen molar-refractivity contribution < 1.29 is 14.5 Å². The molecule has 1 rings (SSSR count). The second-order valence-electron chi connectivity index (χ2n) is 3.73. The van der Waals surface area contributed by atoms with Crippen molar-refractivity contribution in [2.75, 3.05) is 17.7 Å². The lowest BCUT2D eigenvalue weighted by molar-refractivity contribution is -0.384. The molecule has 19 heavy (non-hydrogen) atoms. The zero-order valence-corrected chi connectivity index (χ0v) is 10.7. The van der Waals surface area contributed by atoms with E-state index in [0.29, 0.717) is 17.1 Å². The lowest BCUT2D eigenvalue weighted by Crippen LogP contribution is -2.05. The van der Waals surface area contributed by atoms with Gasteiger partial charge in [0.15, 0.2) is 0 Å². The molecule has 0 heterocycles. The normalized spacial score (nSPS) is 10.9. The fourth-order valence-corrected chi connectivity index (χ4v) is 1.38. The summed E-state index contributed by atoms with van der Waals surface area (Å²) in [5.41, 5.74) is 6.81. The second kappa shape index (κ2) is 6.39. The summed E-state index contributed by atoms with van der Waals surface area (Å²) in [4.78, 5) is 21.4. The summed E-state index contributed by atoms with van der Waals surface area (Å²) in [5, 5.41) is 13.5. The van der Waals surface area contributed by atoms with Crippen LogP contribution < -0.4 is 11.1 Å². The Labute approximate surface area is 110 Å². The van der Waals surface area contributed by atoms with Crippen LogP contribution in [0.3, 0.4) is 0 Å². The number of nitrogens with two attached hydrogens (primary N) is 1. The van der Waals surface area contributed by atoms with Gasteiger partial charge in [0, 0.05) is 23.9 Å². The van der Waals surface area contributed by atoms with E-state index in [2.05, 4.69) is 5.32 Å². The average molecular weight is 265 g/mol. The van der Waals surface area contributed by atoms with Gasteiger partial charge in [0.1, 0.15) is 0 Å². The standard InChI is InChI=1S/C12H15N3O4/c1-3-19-12(16)6-8(2)14-11-7-9(15(17)18)4-5-10(11)13/h4-7,14H,3,13H2,1-2H3/b8-6-. The molecule has 0 aromatic heterocycles. The number of allylic oxidation sites excluding steroid dienone is 1. The Morgan fingerprint density at radius 2 is 2.26 bits per heavy atom. The minimum absolute atomic E-state index is 0.0827. The first kappa shape index (κ1) is 14.5. The number of hydrogen-bond donors (Lipinski definition) is 2. The van der Waals surface area contributed by atoms with Crippen LogP contribution in [0.1, 0.15) is 13.8 Å². The zero-order valence-electron chi connectivity index (χ0n) is 10.7. The lowest BCUT2D eigenvalue weighted by Gasteiger charge is -2.09. The number of nitro benzene ring substituents is 1. The predicted octanol–water partition coefficient (Wildman–Crippen LogP) is 2.06. The van der Waals surface area contributed by atoms with Gasteiger partial charge in [0.05, 0.1) is 22.9 Å². The molecule has 1 aromatic rings. The molecule has 0 fully saturated rings. The maximum Gasteiger partial charge on any atom is 0.332 e. The number of carbonyl (C=O) groups excluding carboxylic acids is 1. The first-order valence-corrected chi connectivity index (χ1v) is 5.60. The maximum absolute atomic E-state index is 11.2. The smallest absolute Gasteiger partial charge is 0.332 e. The van der Waals surface area contributed by atoms with Crippen molar-refractivity contribution in [1.82, 2.24) is 0 Å². The summed E-state index contributed by atoms with van der Waals surface area (Å²) >= 11 is 0. The molecule has 3 N–H and O–H groups in total.